The fraction of sp³-hybridized carbons (Fsp3) is 0.0455. The Hall–Kier alpha value is -3.29. The Kier molecular flexibility index (Phi) is 5.24. The van der Waals surface area contributed by atoms with Gasteiger partial charge in [0.1, 0.15) is 17.2 Å². The normalized spacial score (nSPS) is 11.4. The maximum absolute atomic E-state index is 13.3. The van der Waals surface area contributed by atoms with Crippen molar-refractivity contribution in [2.75, 3.05) is 5.73 Å². The minimum absolute atomic E-state index is 0.273. The van der Waals surface area contributed by atoms with Crippen molar-refractivity contribution in [1.29, 1.82) is 0 Å². The third-order valence-electron chi connectivity index (χ3n) is 4.61. The van der Waals surface area contributed by atoms with E-state index in [9.17, 15) is 8.94 Å². The van der Waals surface area contributed by atoms with Crippen LogP contribution in [0.15, 0.2) is 82.0 Å². The standard InChI is InChI=1S/C22H17FN4OS/c1-13-10-14(23)6-8-16(13)19-9-7-15(12-25-19)26-27-20-11-21(29-28)17-4-2-3-5-18(17)22(20)24/h2-12,28H,24H2,1H3/b27-26+. The van der Waals surface area contributed by atoms with E-state index in [1.807, 2.05) is 37.3 Å². The van der Waals surface area contributed by atoms with Crippen LogP contribution in [-0.4, -0.2) is 9.54 Å². The molecule has 3 aromatic carbocycles. The lowest BCUT2D eigenvalue weighted by molar-refractivity contribution is 0.627. The number of benzene rings is 3. The predicted molar refractivity (Wildman–Crippen MR) is 115 cm³/mol. The molecule has 0 amide bonds. The Labute approximate surface area is 171 Å². The van der Waals surface area contributed by atoms with Crippen LogP contribution in [-0.2, 0) is 0 Å². The van der Waals surface area contributed by atoms with Crippen LogP contribution in [0.2, 0.25) is 0 Å². The van der Waals surface area contributed by atoms with Crippen LogP contribution >= 0.6 is 12.0 Å². The molecule has 29 heavy (non-hydrogen) atoms. The maximum Gasteiger partial charge on any atom is 0.123 e. The maximum atomic E-state index is 13.3. The van der Waals surface area contributed by atoms with Gasteiger partial charge in [-0.25, -0.2) is 4.39 Å². The van der Waals surface area contributed by atoms with Crippen LogP contribution in [0.25, 0.3) is 22.0 Å². The van der Waals surface area contributed by atoms with Gasteiger partial charge in [-0.1, -0.05) is 24.3 Å². The van der Waals surface area contributed by atoms with Crippen molar-refractivity contribution in [2.24, 2.45) is 10.2 Å². The SMILES string of the molecule is Cc1cc(F)ccc1-c1ccc(/N=N/c2cc(SO)c3ccccc3c2N)cn1. The number of hydrogen-bond donors (Lipinski definition) is 2. The molecule has 0 saturated heterocycles. The summed E-state index contributed by atoms with van der Waals surface area (Å²) >= 11 is 0.648. The van der Waals surface area contributed by atoms with E-state index >= 15 is 0 Å². The Morgan fingerprint density at radius 2 is 1.79 bits per heavy atom. The molecule has 0 saturated carbocycles. The van der Waals surface area contributed by atoms with Crippen LogP contribution in [0, 0.1) is 12.7 Å². The lowest BCUT2D eigenvalue weighted by Gasteiger charge is -2.08. The summed E-state index contributed by atoms with van der Waals surface area (Å²) in [6, 6.07) is 17.4. The van der Waals surface area contributed by atoms with Crippen molar-refractivity contribution in [2.45, 2.75) is 11.8 Å². The van der Waals surface area contributed by atoms with Crippen molar-refractivity contribution in [1.82, 2.24) is 4.98 Å². The minimum atomic E-state index is -0.273. The van der Waals surface area contributed by atoms with E-state index in [0.29, 0.717) is 34.0 Å². The molecule has 3 N–H and O–H groups in total. The number of anilines is 1. The summed E-state index contributed by atoms with van der Waals surface area (Å²) in [7, 11) is 0. The number of nitrogens with zero attached hydrogens (tertiary/aromatic N) is 3. The molecule has 0 aliphatic heterocycles. The average molecular weight is 404 g/mol. The van der Waals surface area contributed by atoms with Crippen molar-refractivity contribution < 1.29 is 8.94 Å². The van der Waals surface area contributed by atoms with Gasteiger partial charge < -0.3 is 10.3 Å². The summed E-state index contributed by atoms with van der Waals surface area (Å²) in [5.74, 6) is -0.273. The van der Waals surface area contributed by atoms with E-state index < -0.39 is 0 Å². The molecule has 0 radical (unpaired) electrons. The Morgan fingerprint density at radius 1 is 1.00 bits per heavy atom. The monoisotopic (exact) mass is 404 g/mol. The highest BCUT2D eigenvalue weighted by molar-refractivity contribution is 7.94. The third kappa shape index (κ3) is 3.83. The molecule has 0 fully saturated rings. The molecule has 0 unspecified atom stereocenters. The number of pyridine rings is 1. The van der Waals surface area contributed by atoms with Crippen molar-refractivity contribution in [3.63, 3.8) is 0 Å². The summed E-state index contributed by atoms with van der Waals surface area (Å²) in [5.41, 5.74) is 10.2. The van der Waals surface area contributed by atoms with Gasteiger partial charge in [0.15, 0.2) is 0 Å². The molecule has 1 aromatic heterocycles. The van der Waals surface area contributed by atoms with Crippen LogP contribution in [0.1, 0.15) is 5.56 Å². The average Bonchev–Trinajstić information content (AvgIpc) is 2.74. The molecular formula is C22H17FN4OS. The van der Waals surface area contributed by atoms with E-state index in [0.717, 1.165) is 27.6 Å². The molecule has 0 bridgehead atoms. The van der Waals surface area contributed by atoms with Gasteiger partial charge in [0.05, 0.1) is 17.6 Å². The van der Waals surface area contributed by atoms with Gasteiger partial charge in [-0.3, -0.25) is 4.98 Å². The number of fused-ring (bicyclic) bond motifs is 1. The Bertz CT molecular complexity index is 1230. The third-order valence-corrected chi connectivity index (χ3v) is 5.14. The molecule has 1 heterocycles. The zero-order chi connectivity index (χ0) is 20.4. The van der Waals surface area contributed by atoms with Gasteiger partial charge in [0, 0.05) is 27.9 Å². The zero-order valence-electron chi connectivity index (χ0n) is 15.5. The summed E-state index contributed by atoms with van der Waals surface area (Å²) in [5, 5.41) is 10.1. The summed E-state index contributed by atoms with van der Waals surface area (Å²) in [4.78, 5) is 5.06. The van der Waals surface area contributed by atoms with Gasteiger partial charge in [-0.15, -0.1) is 10.2 Å². The highest BCUT2D eigenvalue weighted by Crippen LogP contribution is 2.38. The van der Waals surface area contributed by atoms with Crippen LogP contribution in [0.4, 0.5) is 21.5 Å². The lowest BCUT2D eigenvalue weighted by Crippen LogP contribution is -1.89. The number of aromatic nitrogens is 1. The first-order valence-corrected chi connectivity index (χ1v) is 9.61. The largest absolute Gasteiger partial charge is 0.396 e. The van der Waals surface area contributed by atoms with E-state index in [1.165, 1.54) is 12.1 Å². The van der Waals surface area contributed by atoms with Crippen LogP contribution in [0.3, 0.4) is 0 Å². The molecular weight excluding hydrogens is 387 g/mol. The second kappa shape index (κ2) is 7.98. The number of rotatable bonds is 4. The van der Waals surface area contributed by atoms with Crippen LogP contribution < -0.4 is 5.73 Å². The second-order valence-corrected chi connectivity index (χ2v) is 7.13. The van der Waals surface area contributed by atoms with Gasteiger partial charge in [0.25, 0.3) is 0 Å². The first-order chi connectivity index (χ1) is 14.1. The van der Waals surface area contributed by atoms with Gasteiger partial charge in [-0.05, 0) is 54.3 Å². The number of aryl methyl sites for hydroxylation is 1. The molecule has 0 aliphatic carbocycles. The van der Waals surface area contributed by atoms with Crippen molar-refractivity contribution >= 4 is 39.9 Å². The molecule has 144 valence electrons. The van der Waals surface area contributed by atoms with E-state index in [2.05, 4.69) is 15.2 Å². The fourth-order valence-corrected chi connectivity index (χ4v) is 3.58. The molecule has 7 heteroatoms. The molecule has 0 aliphatic rings. The number of hydrogen-bond acceptors (Lipinski definition) is 6. The first-order valence-electron chi connectivity index (χ1n) is 8.84. The van der Waals surface area contributed by atoms with Crippen molar-refractivity contribution in [3.05, 3.63) is 78.2 Å². The predicted octanol–water partition coefficient (Wildman–Crippen LogP) is 6.91. The molecule has 5 nitrogen and oxygen atoms in total. The van der Waals surface area contributed by atoms with E-state index in [1.54, 1.807) is 24.4 Å². The number of nitrogens with two attached hydrogens (primary N) is 1. The summed E-state index contributed by atoms with van der Waals surface area (Å²) in [6.45, 7) is 1.84. The number of halogens is 1. The zero-order valence-corrected chi connectivity index (χ0v) is 16.3. The van der Waals surface area contributed by atoms with Gasteiger partial charge >= 0.3 is 0 Å². The number of nitrogen functional groups attached to an aromatic ring is 1. The Morgan fingerprint density at radius 3 is 2.48 bits per heavy atom. The van der Waals surface area contributed by atoms with E-state index in [-0.39, 0.29) is 5.82 Å². The quantitative estimate of drug-likeness (QED) is 0.220. The summed E-state index contributed by atoms with van der Waals surface area (Å²) < 4.78 is 22.9. The Balaban J connectivity index is 1.65. The van der Waals surface area contributed by atoms with Crippen LogP contribution in [0.5, 0.6) is 0 Å². The fourth-order valence-electron chi connectivity index (χ4n) is 3.14. The highest BCUT2D eigenvalue weighted by atomic mass is 32.2. The highest BCUT2D eigenvalue weighted by Gasteiger charge is 2.10. The second-order valence-electron chi connectivity index (χ2n) is 6.51. The summed E-state index contributed by atoms with van der Waals surface area (Å²) in [6.07, 6.45) is 1.60. The van der Waals surface area contributed by atoms with Gasteiger partial charge in [-0.2, -0.15) is 0 Å². The van der Waals surface area contributed by atoms with Gasteiger partial charge in [0.2, 0.25) is 0 Å². The van der Waals surface area contributed by atoms with E-state index in [4.69, 9.17) is 5.73 Å². The topological polar surface area (TPSA) is 83.9 Å². The van der Waals surface area contributed by atoms with Crippen molar-refractivity contribution in [3.8, 4) is 11.3 Å². The smallest absolute Gasteiger partial charge is 0.123 e. The first kappa shape index (κ1) is 19.0. The molecule has 0 atom stereocenters. The minimum Gasteiger partial charge on any atom is -0.396 e. The lowest BCUT2D eigenvalue weighted by atomic mass is 10.1. The molecule has 0 spiro atoms. The molecule has 4 rings (SSSR count). The molecule has 4 aromatic rings. The number of azo groups is 1.